The average Bonchev–Trinajstić information content (AvgIpc) is 3.24. The molecule has 1 heterocycles. The van der Waals surface area contributed by atoms with Gasteiger partial charge in [-0.1, -0.05) is 26.7 Å². The Morgan fingerprint density at radius 1 is 1.20 bits per heavy atom. The number of piperazine rings is 1. The van der Waals surface area contributed by atoms with Gasteiger partial charge in [0.2, 0.25) is 11.8 Å². The van der Waals surface area contributed by atoms with E-state index in [0.29, 0.717) is 11.8 Å². The summed E-state index contributed by atoms with van der Waals surface area (Å²) in [6.07, 6.45) is 6.63. The highest BCUT2D eigenvalue weighted by molar-refractivity contribution is 5.97. The van der Waals surface area contributed by atoms with Crippen LogP contribution in [0.1, 0.15) is 52.4 Å². The molecule has 2 atom stereocenters. The Bertz CT molecular complexity index is 399. The number of carbonyl (C=O) groups excluding carboxylic acids is 2. The van der Waals surface area contributed by atoms with Gasteiger partial charge in [-0.05, 0) is 43.4 Å². The highest BCUT2D eigenvalue weighted by Crippen LogP contribution is 2.39. The molecule has 2 aliphatic carbocycles. The number of hydrogen-bond acceptors (Lipinski definition) is 2. The molecule has 0 spiro atoms. The number of carbonyl (C=O) groups is 2. The van der Waals surface area contributed by atoms with Crippen LogP contribution < -0.4 is 5.32 Å². The lowest BCUT2D eigenvalue weighted by Crippen LogP contribution is -2.64. The molecule has 0 aromatic rings. The Kier molecular flexibility index (Phi) is 3.74. The zero-order valence-electron chi connectivity index (χ0n) is 12.6. The van der Waals surface area contributed by atoms with Crippen LogP contribution in [0.5, 0.6) is 0 Å². The molecule has 1 aliphatic heterocycles. The fourth-order valence-corrected chi connectivity index (χ4v) is 3.29. The smallest absolute Gasteiger partial charge is 0.245 e. The van der Waals surface area contributed by atoms with Gasteiger partial charge in [0.05, 0.1) is 0 Å². The third-order valence-corrected chi connectivity index (χ3v) is 4.75. The molecule has 2 saturated carbocycles. The van der Waals surface area contributed by atoms with E-state index in [-0.39, 0.29) is 23.9 Å². The van der Waals surface area contributed by atoms with Gasteiger partial charge in [0.25, 0.3) is 0 Å². The van der Waals surface area contributed by atoms with Gasteiger partial charge in [-0.25, -0.2) is 0 Å². The van der Waals surface area contributed by atoms with Gasteiger partial charge in [-0.2, -0.15) is 0 Å². The molecule has 1 saturated heterocycles. The van der Waals surface area contributed by atoms with Gasteiger partial charge >= 0.3 is 0 Å². The van der Waals surface area contributed by atoms with Gasteiger partial charge in [0.15, 0.2) is 0 Å². The van der Waals surface area contributed by atoms with E-state index in [4.69, 9.17) is 0 Å². The molecule has 3 rings (SSSR count). The predicted molar refractivity (Wildman–Crippen MR) is 77.0 cm³/mol. The molecule has 3 fully saturated rings. The Morgan fingerprint density at radius 3 is 2.45 bits per heavy atom. The molecule has 1 N–H and O–H groups in total. The van der Waals surface area contributed by atoms with Crippen molar-refractivity contribution >= 4 is 11.8 Å². The first-order valence-electron chi connectivity index (χ1n) is 8.17. The molecule has 0 aromatic heterocycles. The van der Waals surface area contributed by atoms with E-state index in [1.165, 1.54) is 12.8 Å². The van der Waals surface area contributed by atoms with E-state index in [0.717, 1.165) is 38.1 Å². The van der Waals surface area contributed by atoms with Gasteiger partial charge in [0, 0.05) is 6.54 Å². The van der Waals surface area contributed by atoms with Crippen molar-refractivity contribution in [1.82, 2.24) is 10.2 Å². The van der Waals surface area contributed by atoms with Crippen LogP contribution in [0.2, 0.25) is 0 Å². The number of nitrogens with zero attached hydrogens (tertiary/aromatic N) is 1. The number of rotatable bonds is 6. The third-order valence-electron chi connectivity index (χ3n) is 4.75. The Labute approximate surface area is 121 Å². The lowest BCUT2D eigenvalue weighted by molar-refractivity contribution is -0.150. The average molecular weight is 278 g/mol. The molecule has 112 valence electrons. The van der Waals surface area contributed by atoms with E-state index in [2.05, 4.69) is 19.2 Å². The summed E-state index contributed by atoms with van der Waals surface area (Å²) in [5.41, 5.74) is 0. The van der Waals surface area contributed by atoms with E-state index in [9.17, 15) is 9.59 Å². The van der Waals surface area contributed by atoms with Crippen LogP contribution in [0.4, 0.5) is 0 Å². The van der Waals surface area contributed by atoms with Crippen LogP contribution in [0.25, 0.3) is 0 Å². The van der Waals surface area contributed by atoms with Crippen molar-refractivity contribution in [3.63, 3.8) is 0 Å². The number of nitrogens with one attached hydrogen (secondary N) is 1. The van der Waals surface area contributed by atoms with Gasteiger partial charge in [0.1, 0.15) is 12.1 Å². The summed E-state index contributed by atoms with van der Waals surface area (Å²) >= 11 is 0. The number of hydrogen-bond donors (Lipinski definition) is 1. The summed E-state index contributed by atoms with van der Waals surface area (Å²) in [7, 11) is 0. The van der Waals surface area contributed by atoms with Crippen LogP contribution in [-0.4, -0.2) is 35.3 Å². The van der Waals surface area contributed by atoms with Crippen LogP contribution in [-0.2, 0) is 9.59 Å². The first kappa shape index (κ1) is 13.9. The summed E-state index contributed by atoms with van der Waals surface area (Å²) in [6.45, 7) is 4.98. The lowest BCUT2D eigenvalue weighted by atomic mass is 9.96. The SMILES string of the molecule is CC(C)CC1NC(=O)C(C2CC2)N(CCC2CC2)C1=O. The standard InChI is InChI=1S/C16H26N2O2/c1-10(2)9-13-16(20)18(8-7-11-3-4-11)14(12-5-6-12)15(19)17-13/h10-14H,3-9H2,1-2H3,(H,17,19). The van der Waals surface area contributed by atoms with Gasteiger partial charge in [-0.15, -0.1) is 0 Å². The molecule has 4 nitrogen and oxygen atoms in total. The highest BCUT2D eigenvalue weighted by atomic mass is 16.2. The van der Waals surface area contributed by atoms with Crippen LogP contribution in [0, 0.1) is 17.8 Å². The Hall–Kier alpha value is -1.06. The summed E-state index contributed by atoms with van der Waals surface area (Å²) in [4.78, 5) is 27.0. The summed E-state index contributed by atoms with van der Waals surface area (Å²) in [6, 6.07) is -0.471. The second-order valence-corrected chi connectivity index (χ2v) is 7.24. The highest BCUT2D eigenvalue weighted by Gasteiger charge is 2.47. The van der Waals surface area contributed by atoms with Crippen molar-refractivity contribution in [2.45, 2.75) is 64.5 Å². The molecule has 0 radical (unpaired) electrons. The van der Waals surface area contributed by atoms with Crippen molar-refractivity contribution in [3.8, 4) is 0 Å². The Morgan fingerprint density at radius 2 is 1.90 bits per heavy atom. The van der Waals surface area contributed by atoms with Crippen molar-refractivity contribution in [2.24, 2.45) is 17.8 Å². The van der Waals surface area contributed by atoms with Crippen LogP contribution in [0.15, 0.2) is 0 Å². The fourth-order valence-electron chi connectivity index (χ4n) is 3.29. The molecular weight excluding hydrogens is 252 g/mol. The zero-order chi connectivity index (χ0) is 14.3. The lowest BCUT2D eigenvalue weighted by Gasteiger charge is -2.40. The summed E-state index contributed by atoms with van der Waals surface area (Å²) in [5.74, 6) is 1.89. The van der Waals surface area contributed by atoms with E-state index in [1.807, 2.05) is 4.90 Å². The van der Waals surface area contributed by atoms with Crippen molar-refractivity contribution < 1.29 is 9.59 Å². The second-order valence-electron chi connectivity index (χ2n) is 7.24. The minimum atomic E-state index is -0.295. The van der Waals surface area contributed by atoms with E-state index >= 15 is 0 Å². The number of amides is 2. The predicted octanol–water partition coefficient (Wildman–Crippen LogP) is 1.94. The third kappa shape index (κ3) is 2.99. The van der Waals surface area contributed by atoms with Crippen LogP contribution >= 0.6 is 0 Å². The maximum Gasteiger partial charge on any atom is 0.245 e. The van der Waals surface area contributed by atoms with Crippen molar-refractivity contribution in [2.75, 3.05) is 6.54 Å². The molecular formula is C16H26N2O2. The first-order chi connectivity index (χ1) is 9.56. The Balaban J connectivity index is 1.70. The molecule has 2 unspecified atom stereocenters. The molecule has 3 aliphatic rings. The maximum absolute atomic E-state index is 12.7. The molecule has 4 heteroatoms. The van der Waals surface area contributed by atoms with E-state index in [1.54, 1.807) is 0 Å². The zero-order valence-corrected chi connectivity index (χ0v) is 12.6. The van der Waals surface area contributed by atoms with Crippen molar-refractivity contribution in [3.05, 3.63) is 0 Å². The van der Waals surface area contributed by atoms with Crippen LogP contribution in [0.3, 0.4) is 0 Å². The second kappa shape index (κ2) is 5.38. The maximum atomic E-state index is 12.7. The monoisotopic (exact) mass is 278 g/mol. The van der Waals surface area contributed by atoms with Crippen molar-refractivity contribution in [1.29, 1.82) is 0 Å². The van der Waals surface area contributed by atoms with Gasteiger partial charge in [-0.3, -0.25) is 9.59 Å². The summed E-state index contributed by atoms with van der Waals surface area (Å²) in [5, 5.41) is 2.97. The summed E-state index contributed by atoms with van der Waals surface area (Å²) < 4.78 is 0. The normalized spacial score (nSPS) is 30.9. The topological polar surface area (TPSA) is 49.4 Å². The molecule has 2 amide bonds. The quantitative estimate of drug-likeness (QED) is 0.807. The first-order valence-corrected chi connectivity index (χ1v) is 8.17. The molecule has 0 aromatic carbocycles. The minimum Gasteiger partial charge on any atom is -0.342 e. The van der Waals surface area contributed by atoms with E-state index < -0.39 is 0 Å². The molecule has 0 bridgehead atoms. The van der Waals surface area contributed by atoms with Gasteiger partial charge < -0.3 is 10.2 Å². The minimum absolute atomic E-state index is 0.0912. The molecule has 20 heavy (non-hydrogen) atoms. The largest absolute Gasteiger partial charge is 0.342 e. The fraction of sp³-hybridized carbons (Fsp3) is 0.875.